The second kappa shape index (κ2) is 5.81. The molecule has 74 valence electrons. The van der Waals surface area contributed by atoms with E-state index in [4.69, 9.17) is 5.73 Å². The molecule has 0 atom stereocenters. The zero-order valence-electron chi connectivity index (χ0n) is 8.72. The summed E-state index contributed by atoms with van der Waals surface area (Å²) in [7, 11) is 0. The molecule has 0 bridgehead atoms. The molecule has 0 amide bonds. The quantitative estimate of drug-likeness (QED) is 0.657. The van der Waals surface area contributed by atoms with E-state index in [0.717, 1.165) is 16.7 Å². The van der Waals surface area contributed by atoms with Gasteiger partial charge in [0.1, 0.15) is 0 Å². The van der Waals surface area contributed by atoms with Crippen LogP contribution < -0.4 is 5.73 Å². The molecule has 1 nitrogen and oxygen atoms in total. The first kappa shape index (κ1) is 12.2. The molecular formula is C13H17N. The van der Waals surface area contributed by atoms with Gasteiger partial charge in [0.2, 0.25) is 0 Å². The van der Waals surface area contributed by atoms with Crippen LogP contribution in [0.1, 0.15) is 6.92 Å². The first-order chi connectivity index (χ1) is 6.52. The van der Waals surface area contributed by atoms with Gasteiger partial charge in [-0.1, -0.05) is 50.6 Å². The lowest BCUT2D eigenvalue weighted by atomic mass is 10.0. The third-order valence-electron chi connectivity index (χ3n) is 1.79. The Bertz CT molecular complexity index is 327. The second-order valence-corrected chi connectivity index (χ2v) is 2.94. The van der Waals surface area contributed by atoms with E-state index in [1.807, 2.05) is 19.1 Å². The predicted molar refractivity (Wildman–Crippen MR) is 64.7 cm³/mol. The van der Waals surface area contributed by atoms with Gasteiger partial charge in [0.15, 0.2) is 0 Å². The molecular weight excluding hydrogens is 170 g/mol. The van der Waals surface area contributed by atoms with Crippen molar-refractivity contribution in [3.63, 3.8) is 0 Å². The van der Waals surface area contributed by atoms with Crippen molar-refractivity contribution in [3.8, 4) is 0 Å². The summed E-state index contributed by atoms with van der Waals surface area (Å²) in [4.78, 5) is 0. The average Bonchev–Trinajstić information content (AvgIpc) is 2.13. The Morgan fingerprint density at radius 3 is 2.14 bits per heavy atom. The third kappa shape index (κ3) is 3.76. The molecule has 0 aromatic rings. The monoisotopic (exact) mass is 187 g/mol. The zero-order valence-corrected chi connectivity index (χ0v) is 8.72. The summed E-state index contributed by atoms with van der Waals surface area (Å²) in [6.45, 7) is 16.7. The molecule has 0 unspecified atom stereocenters. The molecule has 0 heterocycles. The predicted octanol–water partition coefficient (Wildman–Crippen LogP) is 3.26. The molecule has 0 aromatic carbocycles. The van der Waals surface area contributed by atoms with Crippen LogP contribution in [0.25, 0.3) is 0 Å². The summed E-state index contributed by atoms with van der Waals surface area (Å²) in [5.74, 6) is 0. The maximum Gasteiger partial charge on any atom is 0.0270 e. The van der Waals surface area contributed by atoms with Crippen molar-refractivity contribution in [1.82, 2.24) is 0 Å². The van der Waals surface area contributed by atoms with Gasteiger partial charge in [0.25, 0.3) is 0 Å². The van der Waals surface area contributed by atoms with E-state index in [0.29, 0.717) is 5.70 Å². The zero-order chi connectivity index (χ0) is 11.1. The first-order valence-electron chi connectivity index (χ1n) is 4.30. The molecule has 0 saturated carbocycles. The highest BCUT2D eigenvalue weighted by molar-refractivity contribution is 5.48. The SMILES string of the molecule is C=C/C=C(/C=C)C(=C)/C=C(\C)C(=C)N. The lowest BCUT2D eigenvalue weighted by Crippen LogP contribution is -1.96. The van der Waals surface area contributed by atoms with Gasteiger partial charge in [0, 0.05) is 5.70 Å². The van der Waals surface area contributed by atoms with Crippen LogP contribution in [0.4, 0.5) is 0 Å². The molecule has 0 aliphatic heterocycles. The topological polar surface area (TPSA) is 26.0 Å². The van der Waals surface area contributed by atoms with Crippen molar-refractivity contribution in [2.45, 2.75) is 6.92 Å². The maximum absolute atomic E-state index is 5.53. The van der Waals surface area contributed by atoms with E-state index in [1.54, 1.807) is 12.2 Å². The van der Waals surface area contributed by atoms with Crippen molar-refractivity contribution in [1.29, 1.82) is 0 Å². The molecule has 0 fully saturated rings. The van der Waals surface area contributed by atoms with Gasteiger partial charge in [-0.05, 0) is 23.6 Å². The Morgan fingerprint density at radius 1 is 1.21 bits per heavy atom. The normalized spacial score (nSPS) is 12.1. The van der Waals surface area contributed by atoms with Crippen molar-refractivity contribution in [2.75, 3.05) is 0 Å². The average molecular weight is 187 g/mol. The summed E-state index contributed by atoms with van der Waals surface area (Å²) in [6, 6.07) is 0. The number of rotatable bonds is 5. The minimum absolute atomic E-state index is 0.549. The Balaban J connectivity index is 4.88. The van der Waals surface area contributed by atoms with Crippen LogP contribution in [0, 0.1) is 0 Å². The highest BCUT2D eigenvalue weighted by atomic mass is 14.6. The molecule has 0 spiro atoms. The van der Waals surface area contributed by atoms with Gasteiger partial charge in [0.05, 0.1) is 0 Å². The van der Waals surface area contributed by atoms with Crippen molar-refractivity contribution in [2.24, 2.45) is 5.73 Å². The molecule has 0 aliphatic rings. The van der Waals surface area contributed by atoms with Crippen LogP contribution >= 0.6 is 0 Å². The van der Waals surface area contributed by atoms with E-state index >= 15 is 0 Å². The highest BCUT2D eigenvalue weighted by Crippen LogP contribution is 2.14. The largest absolute Gasteiger partial charge is 0.399 e. The summed E-state index contributed by atoms with van der Waals surface area (Å²) >= 11 is 0. The fourth-order valence-corrected chi connectivity index (χ4v) is 0.871. The Hall–Kier alpha value is -1.76. The minimum Gasteiger partial charge on any atom is -0.399 e. The molecule has 0 radical (unpaired) electrons. The van der Waals surface area contributed by atoms with Gasteiger partial charge in [-0.3, -0.25) is 0 Å². The van der Waals surface area contributed by atoms with Crippen LogP contribution in [-0.2, 0) is 0 Å². The Morgan fingerprint density at radius 2 is 1.79 bits per heavy atom. The van der Waals surface area contributed by atoms with E-state index < -0.39 is 0 Å². The highest BCUT2D eigenvalue weighted by Gasteiger charge is 1.96. The van der Waals surface area contributed by atoms with Crippen molar-refractivity contribution < 1.29 is 0 Å². The lowest BCUT2D eigenvalue weighted by Gasteiger charge is -2.03. The van der Waals surface area contributed by atoms with Gasteiger partial charge in [-0.2, -0.15) is 0 Å². The summed E-state index contributed by atoms with van der Waals surface area (Å²) in [5, 5.41) is 0. The van der Waals surface area contributed by atoms with Gasteiger partial charge in [-0.15, -0.1) is 0 Å². The second-order valence-electron chi connectivity index (χ2n) is 2.94. The third-order valence-corrected chi connectivity index (χ3v) is 1.79. The fourth-order valence-electron chi connectivity index (χ4n) is 0.871. The molecule has 0 saturated heterocycles. The smallest absolute Gasteiger partial charge is 0.0270 e. The standard InChI is InChI=1S/C13H17N/c1-6-8-13(7-2)11(4)9-10(3)12(5)14/h6-9H,1-2,4-5,14H2,3H3/b10-9+,13-8-. The van der Waals surface area contributed by atoms with Crippen LogP contribution in [-0.4, -0.2) is 0 Å². The van der Waals surface area contributed by atoms with Crippen molar-refractivity contribution >= 4 is 0 Å². The minimum atomic E-state index is 0.549. The molecule has 0 aliphatic carbocycles. The Labute approximate surface area is 86.3 Å². The van der Waals surface area contributed by atoms with Gasteiger partial charge >= 0.3 is 0 Å². The van der Waals surface area contributed by atoms with E-state index in [2.05, 4.69) is 26.3 Å². The summed E-state index contributed by atoms with van der Waals surface area (Å²) < 4.78 is 0. The summed E-state index contributed by atoms with van der Waals surface area (Å²) in [5.41, 5.74) is 8.77. The molecule has 14 heavy (non-hydrogen) atoms. The van der Waals surface area contributed by atoms with Gasteiger partial charge < -0.3 is 5.73 Å². The number of nitrogens with two attached hydrogens (primary N) is 1. The van der Waals surface area contributed by atoms with E-state index in [-0.39, 0.29) is 0 Å². The van der Waals surface area contributed by atoms with Crippen molar-refractivity contribution in [3.05, 3.63) is 73.0 Å². The molecule has 2 N–H and O–H groups in total. The number of hydrogen-bond donors (Lipinski definition) is 1. The van der Waals surface area contributed by atoms with Crippen LogP contribution in [0.2, 0.25) is 0 Å². The maximum atomic E-state index is 5.53. The molecule has 0 rings (SSSR count). The Kier molecular flexibility index (Phi) is 5.08. The van der Waals surface area contributed by atoms with E-state index in [9.17, 15) is 0 Å². The molecule has 1 heteroatoms. The molecule has 0 aromatic heterocycles. The number of allylic oxidation sites excluding steroid dienone is 7. The first-order valence-corrected chi connectivity index (χ1v) is 4.30. The van der Waals surface area contributed by atoms with Crippen LogP contribution in [0.15, 0.2) is 73.0 Å². The van der Waals surface area contributed by atoms with Crippen LogP contribution in [0.3, 0.4) is 0 Å². The fraction of sp³-hybridized carbons (Fsp3) is 0.0769. The number of hydrogen-bond acceptors (Lipinski definition) is 1. The lowest BCUT2D eigenvalue weighted by molar-refractivity contribution is 1.30. The summed E-state index contributed by atoms with van der Waals surface area (Å²) in [6.07, 6.45) is 7.15. The van der Waals surface area contributed by atoms with Gasteiger partial charge in [-0.25, -0.2) is 0 Å². The van der Waals surface area contributed by atoms with Crippen LogP contribution in [0.5, 0.6) is 0 Å². The van der Waals surface area contributed by atoms with E-state index in [1.165, 1.54) is 0 Å².